The summed E-state index contributed by atoms with van der Waals surface area (Å²) in [5, 5.41) is 0. The molecular formula is C10H19O3P. The van der Waals surface area contributed by atoms with Gasteiger partial charge in [0.1, 0.15) is 0 Å². The van der Waals surface area contributed by atoms with Crippen molar-refractivity contribution in [1.29, 1.82) is 0 Å². The highest BCUT2D eigenvalue weighted by atomic mass is 31.1. The minimum atomic E-state index is -3.13. The van der Waals surface area contributed by atoms with E-state index in [0.717, 1.165) is 11.8 Å². The molecule has 4 heteroatoms. The first-order valence-corrected chi connectivity index (χ1v) is 6.27. The lowest BCUT2D eigenvalue weighted by molar-refractivity contribution is 0.289. The average Bonchev–Trinajstić information content (AvgIpc) is 2.54. The smallest absolute Gasteiger partial charge is 0.314 e. The number of rotatable bonds is 0. The summed E-state index contributed by atoms with van der Waals surface area (Å²) in [6, 6.07) is 0. The lowest BCUT2D eigenvalue weighted by Gasteiger charge is -2.31. The lowest BCUT2D eigenvalue weighted by Crippen LogP contribution is -2.21. The Bertz CT molecular complexity index is 256. The van der Waals surface area contributed by atoms with Crippen molar-refractivity contribution in [3.05, 3.63) is 12.2 Å². The predicted octanol–water partition coefficient (Wildman–Crippen LogP) is 2.36. The zero-order valence-corrected chi connectivity index (χ0v) is 9.79. The highest BCUT2D eigenvalue weighted by Crippen LogP contribution is 2.58. The molecule has 0 amide bonds. The molecule has 2 saturated carbocycles. The van der Waals surface area contributed by atoms with Gasteiger partial charge < -0.3 is 9.79 Å². The third kappa shape index (κ3) is 2.28. The molecule has 3 nitrogen and oxygen atoms in total. The van der Waals surface area contributed by atoms with Crippen molar-refractivity contribution in [2.75, 3.05) is 0 Å². The highest BCUT2D eigenvalue weighted by Gasteiger charge is 2.47. The molecule has 0 aliphatic heterocycles. The largest absolute Gasteiger partial charge is 0.326 e. The summed E-state index contributed by atoms with van der Waals surface area (Å²) in [7, 11) is -3.13. The fourth-order valence-electron chi connectivity index (χ4n) is 2.74. The quantitative estimate of drug-likeness (QED) is 0.484. The van der Waals surface area contributed by atoms with Gasteiger partial charge in [-0.15, -0.1) is 0 Å². The Morgan fingerprint density at radius 1 is 1.43 bits per heavy atom. The van der Waals surface area contributed by atoms with E-state index in [9.17, 15) is 0 Å². The van der Waals surface area contributed by atoms with Crippen molar-refractivity contribution in [3.8, 4) is 0 Å². The minimum absolute atomic E-state index is 0.475. The van der Waals surface area contributed by atoms with Gasteiger partial charge in [-0.3, -0.25) is 4.57 Å². The first-order chi connectivity index (χ1) is 6.35. The van der Waals surface area contributed by atoms with Gasteiger partial charge in [-0.25, -0.2) is 0 Å². The Labute approximate surface area is 85.8 Å². The second-order valence-electron chi connectivity index (χ2n) is 4.74. The van der Waals surface area contributed by atoms with Gasteiger partial charge in [0, 0.05) is 0 Å². The Hall–Kier alpha value is -0.110. The van der Waals surface area contributed by atoms with E-state index in [1.165, 1.54) is 24.8 Å². The standard InChI is InChI=1S/C10H16.H3O3P/c1-7-8-4-5-9(6-8)10(7,2)3;1-4(2)3/h8-9H,1,4-6H2,2-3H3;4H,(H2,1,2,3). The molecule has 2 aliphatic rings. The van der Waals surface area contributed by atoms with E-state index >= 15 is 0 Å². The topological polar surface area (TPSA) is 57.5 Å². The highest BCUT2D eigenvalue weighted by molar-refractivity contribution is 7.30. The van der Waals surface area contributed by atoms with Crippen molar-refractivity contribution < 1.29 is 14.4 Å². The van der Waals surface area contributed by atoms with Crippen molar-refractivity contribution in [2.45, 2.75) is 33.1 Å². The van der Waals surface area contributed by atoms with E-state index in [1.807, 2.05) is 0 Å². The zero-order chi connectivity index (χ0) is 10.9. The van der Waals surface area contributed by atoms with Crippen molar-refractivity contribution in [2.24, 2.45) is 17.3 Å². The monoisotopic (exact) mass is 218 g/mol. The van der Waals surface area contributed by atoms with Gasteiger partial charge >= 0.3 is 8.25 Å². The molecule has 0 heterocycles. The molecule has 2 unspecified atom stereocenters. The SMILES string of the molecule is C=C1C2CCC(C2)C1(C)C.O=[PH](O)O. The van der Waals surface area contributed by atoms with Crippen molar-refractivity contribution in [3.63, 3.8) is 0 Å². The first kappa shape index (κ1) is 12.0. The van der Waals surface area contributed by atoms with E-state index in [-0.39, 0.29) is 0 Å². The van der Waals surface area contributed by atoms with Crippen molar-refractivity contribution >= 4 is 8.25 Å². The van der Waals surface area contributed by atoms with Gasteiger partial charge in [0.2, 0.25) is 0 Å². The number of hydrogen-bond donors (Lipinski definition) is 2. The molecule has 14 heavy (non-hydrogen) atoms. The molecule has 0 saturated heterocycles. The minimum Gasteiger partial charge on any atom is -0.326 e. The second kappa shape index (κ2) is 4.18. The van der Waals surface area contributed by atoms with E-state index in [4.69, 9.17) is 14.4 Å². The third-order valence-electron chi connectivity index (χ3n) is 3.77. The molecule has 2 atom stereocenters. The fourth-order valence-corrected chi connectivity index (χ4v) is 2.74. The van der Waals surface area contributed by atoms with E-state index in [2.05, 4.69) is 20.4 Å². The number of fused-ring (bicyclic) bond motifs is 2. The summed E-state index contributed by atoms with van der Waals surface area (Å²) >= 11 is 0. The van der Waals surface area contributed by atoms with Crippen LogP contribution >= 0.6 is 8.25 Å². The van der Waals surface area contributed by atoms with Gasteiger partial charge in [-0.1, -0.05) is 26.0 Å². The summed E-state index contributed by atoms with van der Waals surface area (Å²) in [4.78, 5) is 14.3. The van der Waals surface area contributed by atoms with Crippen LogP contribution in [0, 0.1) is 17.3 Å². The van der Waals surface area contributed by atoms with Crippen LogP contribution in [-0.2, 0) is 4.57 Å². The maximum absolute atomic E-state index is 8.74. The molecule has 0 radical (unpaired) electrons. The summed E-state index contributed by atoms with van der Waals surface area (Å²) < 4.78 is 8.74. The summed E-state index contributed by atoms with van der Waals surface area (Å²) in [5.41, 5.74) is 2.01. The fraction of sp³-hybridized carbons (Fsp3) is 0.800. The van der Waals surface area contributed by atoms with Gasteiger partial charge in [0.25, 0.3) is 0 Å². The maximum atomic E-state index is 8.74. The Kier molecular flexibility index (Phi) is 3.57. The van der Waals surface area contributed by atoms with Gasteiger partial charge in [0.15, 0.2) is 0 Å². The van der Waals surface area contributed by atoms with Crippen LogP contribution < -0.4 is 0 Å². The molecule has 2 aliphatic carbocycles. The lowest BCUT2D eigenvalue weighted by atomic mass is 9.73. The third-order valence-corrected chi connectivity index (χ3v) is 3.77. The van der Waals surface area contributed by atoms with Gasteiger partial charge in [0.05, 0.1) is 0 Å². The summed E-state index contributed by atoms with van der Waals surface area (Å²) in [6.45, 7) is 8.91. The van der Waals surface area contributed by atoms with Crippen LogP contribution in [0.2, 0.25) is 0 Å². The van der Waals surface area contributed by atoms with Crippen LogP contribution in [0.3, 0.4) is 0 Å². The zero-order valence-electron chi connectivity index (χ0n) is 8.79. The second-order valence-corrected chi connectivity index (χ2v) is 5.30. The Morgan fingerprint density at radius 3 is 2.14 bits per heavy atom. The van der Waals surface area contributed by atoms with E-state index in [1.54, 1.807) is 0 Å². The predicted molar refractivity (Wildman–Crippen MR) is 57.2 cm³/mol. The van der Waals surface area contributed by atoms with Crippen LogP contribution in [0.1, 0.15) is 33.1 Å². The van der Waals surface area contributed by atoms with Crippen LogP contribution in [0.25, 0.3) is 0 Å². The maximum Gasteiger partial charge on any atom is 0.314 e. The van der Waals surface area contributed by atoms with Crippen LogP contribution in [0.15, 0.2) is 12.2 Å². The summed E-state index contributed by atoms with van der Waals surface area (Å²) in [6.07, 6.45) is 4.31. The Morgan fingerprint density at radius 2 is 1.93 bits per heavy atom. The molecule has 0 aromatic rings. The van der Waals surface area contributed by atoms with E-state index in [0.29, 0.717) is 5.41 Å². The number of allylic oxidation sites excluding steroid dienone is 1. The molecule has 2 rings (SSSR count). The molecule has 2 N–H and O–H groups in total. The van der Waals surface area contributed by atoms with Crippen molar-refractivity contribution in [1.82, 2.24) is 0 Å². The molecule has 0 aromatic carbocycles. The van der Waals surface area contributed by atoms with Gasteiger partial charge in [-0.2, -0.15) is 0 Å². The van der Waals surface area contributed by atoms with Crippen LogP contribution in [0.4, 0.5) is 0 Å². The molecule has 0 spiro atoms. The summed E-state index contributed by atoms with van der Waals surface area (Å²) in [5.74, 6) is 1.85. The van der Waals surface area contributed by atoms with Crippen LogP contribution in [-0.4, -0.2) is 9.79 Å². The number of hydrogen-bond acceptors (Lipinski definition) is 1. The molecule has 2 bridgehead atoms. The molecule has 0 aromatic heterocycles. The Balaban J connectivity index is 0.000000213. The normalized spacial score (nSPS) is 33.1. The molecular weight excluding hydrogens is 199 g/mol. The average molecular weight is 218 g/mol. The van der Waals surface area contributed by atoms with Crippen LogP contribution in [0.5, 0.6) is 0 Å². The molecule has 82 valence electrons. The first-order valence-electron chi connectivity index (χ1n) is 4.97. The van der Waals surface area contributed by atoms with Gasteiger partial charge in [-0.05, 0) is 36.5 Å². The molecule has 2 fully saturated rings. The van der Waals surface area contributed by atoms with E-state index < -0.39 is 8.25 Å².